The maximum absolute atomic E-state index is 6.48. The van der Waals surface area contributed by atoms with Crippen LogP contribution in [0.1, 0.15) is 57.6 Å². The highest BCUT2D eigenvalue weighted by Gasteiger charge is 2.35. The van der Waals surface area contributed by atoms with Crippen LogP contribution in [-0.2, 0) is 11.0 Å². The third-order valence-corrected chi connectivity index (χ3v) is 4.71. The Morgan fingerprint density at radius 2 is 1.89 bits per heavy atom. The number of hydrogen-bond donors (Lipinski definition) is 2. The van der Waals surface area contributed by atoms with Crippen molar-refractivity contribution in [3.05, 3.63) is 35.4 Å². The Bertz CT molecular complexity index is 408. The van der Waals surface area contributed by atoms with Gasteiger partial charge in [0.1, 0.15) is 0 Å². The van der Waals surface area contributed by atoms with Gasteiger partial charge in [0, 0.05) is 11.6 Å². The van der Waals surface area contributed by atoms with Crippen molar-refractivity contribution in [2.45, 2.75) is 63.5 Å². The molecule has 0 aliphatic heterocycles. The quantitative estimate of drug-likeness (QED) is 0.861. The molecule has 18 heavy (non-hydrogen) atoms. The molecule has 0 saturated heterocycles. The first-order valence-corrected chi connectivity index (χ1v) is 7.03. The molecule has 100 valence electrons. The van der Waals surface area contributed by atoms with Crippen LogP contribution in [-0.4, -0.2) is 6.04 Å². The molecule has 0 aromatic heterocycles. The molecule has 0 heterocycles. The van der Waals surface area contributed by atoms with Gasteiger partial charge < -0.3 is 11.5 Å². The molecule has 1 aliphatic rings. The summed E-state index contributed by atoms with van der Waals surface area (Å²) in [7, 11) is 0. The minimum absolute atomic E-state index is 0.200. The minimum atomic E-state index is -0.200. The maximum atomic E-state index is 6.48. The first-order valence-electron chi connectivity index (χ1n) is 7.03. The van der Waals surface area contributed by atoms with Crippen LogP contribution in [0.5, 0.6) is 0 Å². The van der Waals surface area contributed by atoms with Crippen molar-refractivity contribution in [2.24, 2.45) is 11.5 Å². The largest absolute Gasteiger partial charge is 0.328 e. The number of benzene rings is 1. The van der Waals surface area contributed by atoms with Crippen molar-refractivity contribution in [2.75, 3.05) is 0 Å². The smallest absolute Gasteiger partial charge is 0.0425 e. The lowest BCUT2D eigenvalue weighted by Crippen LogP contribution is -2.35. The summed E-state index contributed by atoms with van der Waals surface area (Å²) in [5.41, 5.74) is 15.1. The molecule has 2 nitrogen and oxygen atoms in total. The average molecular weight is 246 g/mol. The molecule has 2 heteroatoms. The van der Waals surface area contributed by atoms with Crippen LogP contribution < -0.4 is 11.5 Å². The van der Waals surface area contributed by atoms with E-state index < -0.39 is 0 Å². The van der Waals surface area contributed by atoms with Gasteiger partial charge in [0.25, 0.3) is 0 Å². The van der Waals surface area contributed by atoms with Gasteiger partial charge >= 0.3 is 0 Å². The first kappa shape index (κ1) is 13.6. The van der Waals surface area contributed by atoms with Crippen molar-refractivity contribution >= 4 is 0 Å². The topological polar surface area (TPSA) is 52.0 Å². The molecule has 2 rings (SSSR count). The van der Waals surface area contributed by atoms with Gasteiger partial charge in [-0.1, -0.05) is 45.0 Å². The zero-order valence-electron chi connectivity index (χ0n) is 11.9. The molecule has 0 bridgehead atoms. The van der Waals surface area contributed by atoms with Crippen LogP contribution >= 0.6 is 0 Å². The van der Waals surface area contributed by atoms with Gasteiger partial charge in [0.05, 0.1) is 0 Å². The van der Waals surface area contributed by atoms with Gasteiger partial charge in [-0.2, -0.15) is 0 Å². The molecule has 1 aromatic rings. The fourth-order valence-electron chi connectivity index (χ4n) is 2.83. The Hall–Kier alpha value is -0.860. The molecular formula is C16H26N2. The van der Waals surface area contributed by atoms with E-state index in [1.807, 2.05) is 0 Å². The third kappa shape index (κ3) is 2.45. The molecule has 0 radical (unpaired) electrons. The molecule has 1 fully saturated rings. The van der Waals surface area contributed by atoms with Crippen LogP contribution in [0.4, 0.5) is 0 Å². The van der Waals surface area contributed by atoms with Crippen LogP contribution in [0.2, 0.25) is 0 Å². The summed E-state index contributed by atoms with van der Waals surface area (Å²) in [6.07, 6.45) is 4.10. The van der Waals surface area contributed by atoms with E-state index in [1.54, 1.807) is 0 Å². The Balaban J connectivity index is 2.23. The van der Waals surface area contributed by atoms with Crippen molar-refractivity contribution < 1.29 is 0 Å². The first-order chi connectivity index (χ1) is 8.37. The molecule has 0 spiro atoms. The van der Waals surface area contributed by atoms with Crippen molar-refractivity contribution in [3.63, 3.8) is 0 Å². The van der Waals surface area contributed by atoms with Crippen molar-refractivity contribution in [1.82, 2.24) is 0 Å². The zero-order valence-corrected chi connectivity index (χ0v) is 11.9. The average Bonchev–Trinajstić information content (AvgIpc) is 2.71. The summed E-state index contributed by atoms with van der Waals surface area (Å²) < 4.78 is 0. The standard InChI is InChI=1S/C16H26N2/c1-4-15(2,3)12-5-7-13(8-6-12)16(18)10-9-14(17)11-16/h5-8,14H,4,9-11,17-18H2,1-3H3. The van der Waals surface area contributed by atoms with E-state index in [-0.39, 0.29) is 17.0 Å². The van der Waals surface area contributed by atoms with Gasteiger partial charge in [-0.25, -0.2) is 0 Å². The molecule has 1 aliphatic carbocycles. The highest BCUT2D eigenvalue weighted by atomic mass is 14.8. The van der Waals surface area contributed by atoms with Gasteiger partial charge in [-0.05, 0) is 42.2 Å². The monoisotopic (exact) mass is 246 g/mol. The fourth-order valence-corrected chi connectivity index (χ4v) is 2.83. The van der Waals surface area contributed by atoms with Crippen LogP contribution in [0.3, 0.4) is 0 Å². The summed E-state index contributed by atoms with van der Waals surface area (Å²) >= 11 is 0. The predicted molar refractivity (Wildman–Crippen MR) is 77.5 cm³/mol. The lowest BCUT2D eigenvalue weighted by molar-refractivity contribution is 0.452. The molecule has 1 aromatic carbocycles. The van der Waals surface area contributed by atoms with E-state index >= 15 is 0 Å². The van der Waals surface area contributed by atoms with Gasteiger partial charge in [0.2, 0.25) is 0 Å². The maximum Gasteiger partial charge on any atom is 0.0425 e. The van der Waals surface area contributed by atoms with Gasteiger partial charge in [0.15, 0.2) is 0 Å². The van der Waals surface area contributed by atoms with E-state index in [0.29, 0.717) is 0 Å². The van der Waals surface area contributed by atoms with Crippen LogP contribution in [0.25, 0.3) is 0 Å². The van der Waals surface area contributed by atoms with Gasteiger partial charge in [-0.3, -0.25) is 0 Å². The Labute approximate surface area is 111 Å². The Kier molecular flexibility index (Phi) is 3.52. The highest BCUT2D eigenvalue weighted by molar-refractivity contribution is 5.33. The molecule has 2 unspecified atom stereocenters. The predicted octanol–water partition coefficient (Wildman–Crippen LogP) is 3.04. The number of rotatable bonds is 3. The molecule has 1 saturated carbocycles. The number of nitrogens with two attached hydrogens (primary N) is 2. The number of hydrogen-bond acceptors (Lipinski definition) is 2. The lowest BCUT2D eigenvalue weighted by atomic mass is 9.80. The van der Waals surface area contributed by atoms with Crippen molar-refractivity contribution in [3.8, 4) is 0 Å². The second kappa shape index (κ2) is 4.67. The normalized spacial score (nSPS) is 28.6. The summed E-state index contributed by atoms with van der Waals surface area (Å²) in [5.74, 6) is 0. The van der Waals surface area contributed by atoms with Crippen molar-refractivity contribution in [1.29, 1.82) is 0 Å². The van der Waals surface area contributed by atoms with E-state index in [4.69, 9.17) is 11.5 Å². The summed E-state index contributed by atoms with van der Waals surface area (Å²) in [4.78, 5) is 0. The Morgan fingerprint density at radius 1 is 1.28 bits per heavy atom. The van der Waals surface area contributed by atoms with E-state index in [2.05, 4.69) is 45.0 Å². The molecule has 2 atom stereocenters. The molecule has 0 amide bonds. The highest BCUT2D eigenvalue weighted by Crippen LogP contribution is 2.36. The van der Waals surface area contributed by atoms with Crippen LogP contribution in [0, 0.1) is 0 Å². The summed E-state index contributed by atoms with van der Waals surface area (Å²) in [6, 6.07) is 9.13. The summed E-state index contributed by atoms with van der Waals surface area (Å²) in [5, 5.41) is 0. The lowest BCUT2D eigenvalue weighted by Gasteiger charge is -2.27. The summed E-state index contributed by atoms with van der Waals surface area (Å²) in [6.45, 7) is 6.80. The SMILES string of the molecule is CCC(C)(C)c1ccc(C2(N)CCC(N)C2)cc1. The van der Waals surface area contributed by atoms with E-state index in [0.717, 1.165) is 25.7 Å². The van der Waals surface area contributed by atoms with Crippen LogP contribution in [0.15, 0.2) is 24.3 Å². The van der Waals surface area contributed by atoms with E-state index in [9.17, 15) is 0 Å². The Morgan fingerprint density at radius 3 is 2.33 bits per heavy atom. The fraction of sp³-hybridized carbons (Fsp3) is 0.625. The second-order valence-corrected chi connectivity index (χ2v) is 6.47. The zero-order chi connectivity index (χ0) is 13.4. The third-order valence-electron chi connectivity index (χ3n) is 4.71. The molecular weight excluding hydrogens is 220 g/mol. The minimum Gasteiger partial charge on any atom is -0.328 e. The second-order valence-electron chi connectivity index (χ2n) is 6.47. The van der Waals surface area contributed by atoms with E-state index in [1.165, 1.54) is 11.1 Å². The molecule has 4 N–H and O–H groups in total. The van der Waals surface area contributed by atoms with Gasteiger partial charge in [-0.15, -0.1) is 0 Å².